The number of rotatable bonds is 6. The van der Waals surface area contributed by atoms with Crippen LogP contribution in [0, 0.1) is 5.92 Å². The van der Waals surface area contributed by atoms with Gasteiger partial charge in [0.15, 0.2) is 0 Å². The van der Waals surface area contributed by atoms with Crippen LogP contribution in [0.2, 0.25) is 0 Å². The number of fused-ring (bicyclic) bond motifs is 1. The molecule has 0 aliphatic rings. The second kappa shape index (κ2) is 6.58. The molecule has 0 aromatic carbocycles. The summed E-state index contributed by atoms with van der Waals surface area (Å²) in [5, 5.41) is 1.12. The molecule has 0 aliphatic carbocycles. The average molecular weight is 307 g/mol. The summed E-state index contributed by atoms with van der Waals surface area (Å²) >= 11 is 1.71. The molecule has 0 spiro atoms. The molecule has 1 unspecified atom stereocenters. The Morgan fingerprint density at radius 1 is 1.33 bits per heavy atom. The highest BCUT2D eigenvalue weighted by Crippen LogP contribution is 2.33. The number of hydrazine groups is 1. The quantitative estimate of drug-likeness (QED) is 0.632. The van der Waals surface area contributed by atoms with Gasteiger partial charge in [0.1, 0.15) is 10.6 Å². The number of hydrogen-bond acceptors (Lipinski definition) is 6. The van der Waals surface area contributed by atoms with Crippen LogP contribution in [0.5, 0.6) is 0 Å². The van der Waals surface area contributed by atoms with Gasteiger partial charge < -0.3 is 4.90 Å². The van der Waals surface area contributed by atoms with Crippen LogP contribution >= 0.6 is 11.3 Å². The smallest absolute Gasteiger partial charge is 0.240 e. The fraction of sp³-hybridized carbons (Fsp3) is 0.600. The Bertz CT molecular complexity index is 607. The van der Waals surface area contributed by atoms with E-state index in [4.69, 9.17) is 5.84 Å². The van der Waals surface area contributed by atoms with Gasteiger partial charge in [-0.25, -0.2) is 10.8 Å². The molecule has 0 saturated heterocycles. The molecule has 0 aliphatic heterocycles. The first-order valence-electron chi connectivity index (χ1n) is 7.46. The third-order valence-corrected chi connectivity index (χ3v) is 4.88. The van der Waals surface area contributed by atoms with E-state index in [0.29, 0.717) is 17.9 Å². The van der Waals surface area contributed by atoms with Crippen LogP contribution in [0.15, 0.2) is 6.07 Å². The van der Waals surface area contributed by atoms with Crippen molar-refractivity contribution >= 4 is 33.3 Å². The van der Waals surface area contributed by atoms with Crippen molar-refractivity contribution in [2.75, 3.05) is 17.4 Å². The Hall–Kier alpha value is -1.40. The van der Waals surface area contributed by atoms with Crippen LogP contribution in [-0.2, 0) is 6.42 Å². The third-order valence-electron chi connectivity index (χ3n) is 3.71. The van der Waals surface area contributed by atoms with E-state index >= 15 is 0 Å². The lowest BCUT2D eigenvalue weighted by molar-refractivity contribution is 0.503. The number of hydrogen-bond donors (Lipinski definition) is 2. The Kier molecular flexibility index (Phi) is 5.00. The van der Waals surface area contributed by atoms with E-state index < -0.39 is 0 Å². The Morgan fingerprint density at radius 2 is 2.05 bits per heavy atom. The van der Waals surface area contributed by atoms with Crippen molar-refractivity contribution in [3.05, 3.63) is 10.9 Å². The minimum atomic E-state index is 0.415. The maximum absolute atomic E-state index is 5.52. The van der Waals surface area contributed by atoms with Gasteiger partial charge in [-0.05, 0) is 31.7 Å². The van der Waals surface area contributed by atoms with Gasteiger partial charge in [0.2, 0.25) is 5.95 Å². The minimum absolute atomic E-state index is 0.415. The molecule has 0 amide bonds. The standard InChI is InChI=1S/C15H25N5S/c1-6-11-8-12-13(20(5)10(4)7-9(2)3)17-15(19-16)18-14(12)21-11/h8-10H,6-7,16H2,1-5H3,(H,17,18,19). The van der Waals surface area contributed by atoms with Crippen molar-refractivity contribution in [1.29, 1.82) is 0 Å². The van der Waals surface area contributed by atoms with Crippen LogP contribution in [0.3, 0.4) is 0 Å². The van der Waals surface area contributed by atoms with E-state index in [1.54, 1.807) is 11.3 Å². The molecule has 0 bridgehead atoms. The van der Waals surface area contributed by atoms with E-state index in [0.717, 1.165) is 28.9 Å². The van der Waals surface area contributed by atoms with Gasteiger partial charge in [0.25, 0.3) is 0 Å². The normalized spacial score (nSPS) is 12.9. The van der Waals surface area contributed by atoms with Crippen molar-refractivity contribution < 1.29 is 0 Å². The van der Waals surface area contributed by atoms with Crippen LogP contribution in [-0.4, -0.2) is 23.1 Å². The Labute approximate surface area is 130 Å². The lowest BCUT2D eigenvalue weighted by atomic mass is 10.0. The first kappa shape index (κ1) is 16.0. The SMILES string of the molecule is CCc1cc2c(N(C)C(C)CC(C)C)nc(NN)nc2s1. The summed E-state index contributed by atoms with van der Waals surface area (Å²) in [5.74, 6) is 7.60. The highest BCUT2D eigenvalue weighted by molar-refractivity contribution is 7.18. The van der Waals surface area contributed by atoms with Crippen molar-refractivity contribution in [1.82, 2.24) is 9.97 Å². The van der Waals surface area contributed by atoms with E-state index in [1.165, 1.54) is 4.88 Å². The maximum Gasteiger partial charge on any atom is 0.240 e. The number of aryl methyl sites for hydroxylation is 1. The van der Waals surface area contributed by atoms with Crippen molar-refractivity contribution in [2.24, 2.45) is 11.8 Å². The van der Waals surface area contributed by atoms with Gasteiger partial charge >= 0.3 is 0 Å². The molecule has 5 nitrogen and oxygen atoms in total. The molecular formula is C15H25N5S. The zero-order chi connectivity index (χ0) is 15.6. The molecule has 2 aromatic rings. The summed E-state index contributed by atoms with van der Waals surface area (Å²) in [4.78, 5) is 13.6. The monoisotopic (exact) mass is 307 g/mol. The number of aromatic nitrogens is 2. The first-order chi connectivity index (χ1) is 9.96. The molecule has 0 saturated carbocycles. The summed E-state index contributed by atoms with van der Waals surface area (Å²) in [5.41, 5.74) is 2.58. The summed E-state index contributed by atoms with van der Waals surface area (Å²) < 4.78 is 0. The molecule has 1 atom stereocenters. The van der Waals surface area contributed by atoms with Gasteiger partial charge in [0, 0.05) is 18.0 Å². The lowest BCUT2D eigenvalue weighted by Crippen LogP contribution is -2.31. The second-order valence-electron chi connectivity index (χ2n) is 5.89. The van der Waals surface area contributed by atoms with Gasteiger partial charge in [0.05, 0.1) is 5.39 Å². The fourth-order valence-corrected chi connectivity index (χ4v) is 3.47. The first-order valence-corrected chi connectivity index (χ1v) is 8.27. The van der Waals surface area contributed by atoms with E-state index in [1.807, 2.05) is 0 Å². The average Bonchev–Trinajstić information content (AvgIpc) is 2.87. The van der Waals surface area contributed by atoms with Gasteiger partial charge in [-0.3, -0.25) is 5.43 Å². The molecule has 116 valence electrons. The second-order valence-corrected chi connectivity index (χ2v) is 7.00. The van der Waals surface area contributed by atoms with Gasteiger partial charge in [-0.15, -0.1) is 11.3 Å². The third kappa shape index (κ3) is 3.44. The maximum atomic E-state index is 5.52. The summed E-state index contributed by atoms with van der Waals surface area (Å²) in [6.07, 6.45) is 2.13. The molecule has 6 heteroatoms. The van der Waals surface area contributed by atoms with E-state index in [2.05, 4.69) is 61.1 Å². The van der Waals surface area contributed by atoms with Crippen molar-refractivity contribution in [3.8, 4) is 0 Å². The molecular weight excluding hydrogens is 282 g/mol. The summed E-state index contributed by atoms with van der Waals surface area (Å²) in [6, 6.07) is 2.62. The molecule has 0 fully saturated rings. The van der Waals surface area contributed by atoms with Crippen molar-refractivity contribution in [3.63, 3.8) is 0 Å². The summed E-state index contributed by atoms with van der Waals surface area (Å²) in [7, 11) is 2.10. The van der Waals surface area contributed by atoms with Crippen LogP contribution < -0.4 is 16.2 Å². The van der Waals surface area contributed by atoms with Gasteiger partial charge in [-0.1, -0.05) is 20.8 Å². The van der Waals surface area contributed by atoms with E-state index in [9.17, 15) is 0 Å². The number of anilines is 2. The van der Waals surface area contributed by atoms with Crippen LogP contribution in [0.1, 0.15) is 39.0 Å². The number of nitrogens with zero attached hydrogens (tertiary/aromatic N) is 3. The fourth-order valence-electron chi connectivity index (χ4n) is 2.51. The number of nitrogen functional groups attached to an aromatic ring is 1. The Balaban J connectivity index is 2.47. The van der Waals surface area contributed by atoms with E-state index in [-0.39, 0.29) is 0 Å². The van der Waals surface area contributed by atoms with Crippen LogP contribution in [0.25, 0.3) is 10.2 Å². The zero-order valence-electron chi connectivity index (χ0n) is 13.5. The molecule has 2 rings (SSSR count). The molecule has 21 heavy (non-hydrogen) atoms. The minimum Gasteiger partial charge on any atom is -0.356 e. The largest absolute Gasteiger partial charge is 0.356 e. The molecule has 3 N–H and O–H groups in total. The predicted octanol–water partition coefficient (Wildman–Crippen LogP) is 3.41. The Morgan fingerprint density at radius 3 is 2.62 bits per heavy atom. The van der Waals surface area contributed by atoms with Crippen LogP contribution in [0.4, 0.5) is 11.8 Å². The highest BCUT2D eigenvalue weighted by Gasteiger charge is 2.18. The predicted molar refractivity (Wildman–Crippen MR) is 91.9 cm³/mol. The topological polar surface area (TPSA) is 67.1 Å². The number of nitrogens with two attached hydrogens (primary N) is 1. The number of nitrogens with one attached hydrogen (secondary N) is 1. The number of thiophene rings is 1. The summed E-state index contributed by atoms with van der Waals surface area (Å²) in [6.45, 7) is 8.88. The van der Waals surface area contributed by atoms with Gasteiger partial charge in [-0.2, -0.15) is 4.98 Å². The zero-order valence-corrected chi connectivity index (χ0v) is 14.3. The molecule has 2 heterocycles. The molecule has 0 radical (unpaired) electrons. The van der Waals surface area contributed by atoms with Crippen molar-refractivity contribution in [2.45, 2.75) is 46.6 Å². The lowest BCUT2D eigenvalue weighted by Gasteiger charge is -2.28. The highest BCUT2D eigenvalue weighted by atomic mass is 32.1. The molecule has 2 aromatic heterocycles.